The highest BCUT2D eigenvalue weighted by Crippen LogP contribution is 2.22. The molecule has 0 fully saturated rings. The molecular weight excluding hydrogens is 382 g/mol. The fourth-order valence-corrected chi connectivity index (χ4v) is 2.15. The highest BCUT2D eigenvalue weighted by atomic mass is 79.9. The summed E-state index contributed by atoms with van der Waals surface area (Å²) in [5, 5.41) is 10.6. The molecule has 123 valence electrons. The number of benzene rings is 2. The summed E-state index contributed by atoms with van der Waals surface area (Å²) >= 11 is 3.30. The predicted molar refractivity (Wildman–Crippen MR) is 86.6 cm³/mol. The Labute approximate surface area is 145 Å². The molecule has 8 heteroatoms. The van der Waals surface area contributed by atoms with Gasteiger partial charge in [0.25, 0.3) is 5.69 Å². The van der Waals surface area contributed by atoms with Gasteiger partial charge in [-0.05, 0) is 29.8 Å². The van der Waals surface area contributed by atoms with E-state index in [-0.39, 0.29) is 17.9 Å². The van der Waals surface area contributed by atoms with E-state index in [9.17, 15) is 19.7 Å². The van der Waals surface area contributed by atoms with Crippen molar-refractivity contribution in [1.29, 1.82) is 0 Å². The zero-order valence-corrected chi connectivity index (χ0v) is 13.8. The normalized spacial score (nSPS) is 11.4. The molecule has 0 heterocycles. The van der Waals surface area contributed by atoms with Crippen LogP contribution in [0.2, 0.25) is 0 Å². The number of nitrogens with zero attached hydrogens (tertiary/aromatic N) is 1. The fraction of sp³-hybridized carbons (Fsp3) is 0.125. The van der Waals surface area contributed by atoms with E-state index < -0.39 is 17.0 Å². The average Bonchev–Trinajstić information content (AvgIpc) is 2.59. The van der Waals surface area contributed by atoms with Crippen LogP contribution in [-0.4, -0.2) is 17.4 Å². The molecule has 2 rings (SSSR count). The number of non-ortho nitro benzene ring substituents is 1. The highest BCUT2D eigenvalue weighted by Gasteiger charge is 2.25. The van der Waals surface area contributed by atoms with Crippen LogP contribution in [0.1, 0.15) is 17.2 Å². The van der Waals surface area contributed by atoms with Gasteiger partial charge in [0, 0.05) is 22.2 Å². The molecule has 2 aromatic rings. The van der Waals surface area contributed by atoms with Crippen molar-refractivity contribution in [2.75, 3.05) is 0 Å². The van der Waals surface area contributed by atoms with Crippen molar-refractivity contribution >= 4 is 34.1 Å². The zero-order chi connectivity index (χ0) is 17.5. The second kappa shape index (κ2) is 8.21. The van der Waals surface area contributed by atoms with E-state index in [2.05, 4.69) is 20.7 Å². The molecule has 0 aliphatic carbocycles. The maximum Gasteiger partial charge on any atom is 0.418 e. The molecule has 1 atom stereocenters. The molecule has 1 radical (unpaired) electrons. The number of rotatable bonds is 7. The van der Waals surface area contributed by atoms with Crippen LogP contribution in [0.15, 0.2) is 53.0 Å². The van der Waals surface area contributed by atoms with Crippen molar-refractivity contribution in [3.8, 4) is 0 Å². The van der Waals surface area contributed by atoms with Gasteiger partial charge < -0.3 is 9.47 Å². The minimum Gasteiger partial charge on any atom is -0.458 e. The van der Waals surface area contributed by atoms with E-state index in [0.717, 1.165) is 10.0 Å². The Morgan fingerprint density at radius 2 is 1.79 bits per heavy atom. The Morgan fingerprint density at radius 1 is 1.17 bits per heavy atom. The molecule has 7 nitrogen and oxygen atoms in total. The van der Waals surface area contributed by atoms with Crippen molar-refractivity contribution in [2.24, 2.45) is 0 Å². The summed E-state index contributed by atoms with van der Waals surface area (Å²) in [6, 6.07) is 12.2. The second-order valence-electron chi connectivity index (χ2n) is 4.66. The van der Waals surface area contributed by atoms with E-state index >= 15 is 0 Å². The Bertz CT molecular complexity index is 729. The maximum absolute atomic E-state index is 12.1. The molecule has 0 spiro atoms. The minimum absolute atomic E-state index is 0.00217. The summed E-state index contributed by atoms with van der Waals surface area (Å²) in [7, 11) is 0. The highest BCUT2D eigenvalue weighted by molar-refractivity contribution is 9.10. The maximum atomic E-state index is 12.1. The quantitative estimate of drug-likeness (QED) is 0.407. The molecule has 0 aliphatic rings. The molecule has 0 amide bonds. The van der Waals surface area contributed by atoms with Gasteiger partial charge in [-0.15, -0.1) is 0 Å². The Hall–Kier alpha value is -2.74. The molecule has 24 heavy (non-hydrogen) atoms. The lowest BCUT2D eigenvalue weighted by atomic mass is 10.1. The largest absolute Gasteiger partial charge is 0.458 e. The summed E-state index contributed by atoms with van der Waals surface area (Å²) in [4.78, 5) is 32.7. The van der Waals surface area contributed by atoms with Crippen LogP contribution in [-0.2, 0) is 25.7 Å². The summed E-state index contributed by atoms with van der Waals surface area (Å²) < 4.78 is 10.7. The third kappa shape index (κ3) is 4.63. The van der Waals surface area contributed by atoms with Gasteiger partial charge in [-0.2, -0.15) is 0 Å². The van der Waals surface area contributed by atoms with Gasteiger partial charge in [-0.25, -0.2) is 9.59 Å². The molecule has 0 saturated heterocycles. The van der Waals surface area contributed by atoms with Gasteiger partial charge in [0.15, 0.2) is 0 Å². The summed E-state index contributed by atoms with van der Waals surface area (Å²) in [5.74, 6) is -0.796. The summed E-state index contributed by atoms with van der Waals surface area (Å²) in [6.07, 6.45) is -1.33. The lowest BCUT2D eigenvalue weighted by Crippen LogP contribution is -2.18. The number of hydrogen-bond donors (Lipinski definition) is 0. The average molecular weight is 393 g/mol. The Balaban J connectivity index is 2.08. The Kier molecular flexibility index (Phi) is 6.02. The topological polar surface area (TPSA) is 95.7 Å². The molecule has 0 saturated carbocycles. The molecule has 0 bridgehead atoms. The number of nitro groups is 1. The zero-order valence-electron chi connectivity index (χ0n) is 12.2. The number of ether oxygens (including phenoxy) is 2. The molecule has 0 aliphatic heterocycles. The van der Waals surface area contributed by atoms with Gasteiger partial charge in [-0.3, -0.25) is 10.1 Å². The number of carbonyl (C=O) groups is 1. The van der Waals surface area contributed by atoms with E-state index in [1.165, 1.54) is 30.7 Å². The van der Waals surface area contributed by atoms with Gasteiger partial charge in [-0.1, -0.05) is 28.1 Å². The first-order valence-corrected chi connectivity index (χ1v) is 7.49. The smallest absolute Gasteiger partial charge is 0.418 e. The number of nitro benzene ring substituents is 1. The van der Waals surface area contributed by atoms with Crippen LogP contribution >= 0.6 is 15.9 Å². The van der Waals surface area contributed by atoms with Crippen molar-refractivity contribution in [1.82, 2.24) is 0 Å². The first-order valence-electron chi connectivity index (χ1n) is 6.69. The Morgan fingerprint density at radius 3 is 2.33 bits per heavy atom. The van der Waals surface area contributed by atoms with E-state index in [1.807, 2.05) is 0 Å². The summed E-state index contributed by atoms with van der Waals surface area (Å²) in [5.41, 5.74) is 0.865. The van der Waals surface area contributed by atoms with Gasteiger partial charge in [0.05, 0.1) is 4.92 Å². The lowest BCUT2D eigenvalue weighted by molar-refractivity contribution is -0.384. The number of hydrogen-bond acceptors (Lipinski definition) is 6. The third-order valence-electron chi connectivity index (χ3n) is 3.08. The fourth-order valence-electron chi connectivity index (χ4n) is 1.88. The molecule has 0 aromatic heterocycles. The van der Waals surface area contributed by atoms with Crippen molar-refractivity contribution in [3.05, 3.63) is 74.2 Å². The molecule has 0 N–H and O–H groups in total. The predicted octanol–water partition coefficient (Wildman–Crippen LogP) is 3.23. The van der Waals surface area contributed by atoms with Gasteiger partial charge in [0.1, 0.15) is 6.61 Å². The van der Waals surface area contributed by atoms with E-state index in [4.69, 9.17) is 4.74 Å². The number of halogens is 1. The minimum atomic E-state index is -1.33. The van der Waals surface area contributed by atoms with E-state index in [0.29, 0.717) is 0 Å². The van der Waals surface area contributed by atoms with Crippen LogP contribution in [0.3, 0.4) is 0 Å². The van der Waals surface area contributed by atoms with Crippen molar-refractivity contribution in [2.45, 2.75) is 12.7 Å². The van der Waals surface area contributed by atoms with E-state index in [1.54, 1.807) is 24.3 Å². The monoisotopic (exact) mass is 392 g/mol. The SMILES string of the molecule is O=[C]OC(C(=O)OCc1ccc(Br)cc1)c1ccc([N+](=O)[O-])cc1. The van der Waals surface area contributed by atoms with Crippen LogP contribution in [0, 0.1) is 10.1 Å². The standard InChI is InChI=1S/C16H11BrNO6/c17-13-5-1-11(2-6-13)9-23-16(20)15(24-10-19)12-3-7-14(8-4-12)18(21)22/h1-8,15H,9H2. The molecular formula is C16H11BrNO6. The van der Waals surface area contributed by atoms with Crippen molar-refractivity contribution < 1.29 is 24.0 Å². The van der Waals surface area contributed by atoms with Gasteiger partial charge >= 0.3 is 12.4 Å². The molecule has 2 aromatic carbocycles. The van der Waals surface area contributed by atoms with Crippen LogP contribution in [0.25, 0.3) is 0 Å². The molecule has 1 unspecified atom stereocenters. The van der Waals surface area contributed by atoms with Crippen LogP contribution < -0.4 is 0 Å². The lowest BCUT2D eigenvalue weighted by Gasteiger charge is -2.14. The number of carbonyl (C=O) groups excluding carboxylic acids is 2. The second-order valence-corrected chi connectivity index (χ2v) is 5.58. The van der Waals surface area contributed by atoms with Crippen molar-refractivity contribution in [3.63, 3.8) is 0 Å². The third-order valence-corrected chi connectivity index (χ3v) is 3.61. The first-order chi connectivity index (χ1) is 11.5. The first kappa shape index (κ1) is 17.6. The number of esters is 1. The summed E-state index contributed by atoms with van der Waals surface area (Å²) in [6.45, 7) is 1.20. The van der Waals surface area contributed by atoms with Crippen LogP contribution in [0.5, 0.6) is 0 Å². The van der Waals surface area contributed by atoms with Gasteiger partial charge in [0.2, 0.25) is 6.10 Å². The van der Waals surface area contributed by atoms with Crippen LogP contribution in [0.4, 0.5) is 5.69 Å².